The number of benzene rings is 2. The summed E-state index contributed by atoms with van der Waals surface area (Å²) in [6.07, 6.45) is 2.40. The van der Waals surface area contributed by atoms with Crippen LogP contribution in [-0.2, 0) is 6.42 Å². The van der Waals surface area contributed by atoms with Crippen LogP contribution in [0.4, 0.5) is 0 Å². The Balaban J connectivity index is 2.50. The van der Waals surface area contributed by atoms with Gasteiger partial charge >= 0.3 is 0 Å². The minimum absolute atomic E-state index is 0.0361. The first-order chi connectivity index (χ1) is 9.74. The predicted molar refractivity (Wildman–Crippen MR) is 80.4 cm³/mol. The van der Waals surface area contributed by atoms with Crippen LogP contribution in [0.5, 0.6) is 5.75 Å². The van der Waals surface area contributed by atoms with Crippen molar-refractivity contribution in [3.8, 4) is 5.75 Å². The number of fused-ring (bicyclic) bond motifs is 2. The molecule has 0 aliphatic rings. The minimum atomic E-state index is -0.0361. The third-order valence-corrected chi connectivity index (χ3v) is 3.33. The van der Waals surface area contributed by atoms with Crippen LogP contribution in [0.25, 0.3) is 21.9 Å². The summed E-state index contributed by atoms with van der Waals surface area (Å²) in [4.78, 5) is 12.6. The molecular weight excluding hydrogens is 252 g/mol. The van der Waals surface area contributed by atoms with E-state index in [1.54, 1.807) is 31.4 Å². The first-order valence-corrected chi connectivity index (χ1v) is 6.38. The van der Waals surface area contributed by atoms with Crippen molar-refractivity contribution in [1.82, 2.24) is 0 Å². The Morgan fingerprint density at radius 3 is 2.80 bits per heavy atom. The van der Waals surface area contributed by atoms with Crippen LogP contribution in [0.15, 0.2) is 58.3 Å². The number of allylic oxidation sites excluding steroid dienone is 1. The molecule has 3 rings (SSSR count). The first-order valence-electron chi connectivity index (χ1n) is 6.38. The van der Waals surface area contributed by atoms with Gasteiger partial charge in [-0.1, -0.05) is 18.2 Å². The van der Waals surface area contributed by atoms with Gasteiger partial charge in [-0.15, -0.1) is 6.58 Å². The monoisotopic (exact) mass is 266 g/mol. The quantitative estimate of drug-likeness (QED) is 0.536. The summed E-state index contributed by atoms with van der Waals surface area (Å²) in [6, 6.07) is 10.9. The molecule has 0 bridgehead atoms. The highest BCUT2D eigenvalue weighted by atomic mass is 16.5. The van der Waals surface area contributed by atoms with Crippen molar-refractivity contribution in [3.05, 3.63) is 64.8 Å². The van der Waals surface area contributed by atoms with Gasteiger partial charge in [0.15, 0.2) is 0 Å². The molecule has 0 aliphatic heterocycles. The molecule has 1 heterocycles. The minimum Gasteiger partial charge on any atom is -0.497 e. The van der Waals surface area contributed by atoms with Crippen LogP contribution >= 0.6 is 0 Å². The molecule has 2 aromatic carbocycles. The maximum absolute atomic E-state index is 12.6. The van der Waals surface area contributed by atoms with Crippen molar-refractivity contribution in [2.75, 3.05) is 7.11 Å². The molecule has 0 atom stereocenters. The van der Waals surface area contributed by atoms with Gasteiger partial charge < -0.3 is 9.15 Å². The molecule has 3 nitrogen and oxygen atoms in total. The topological polar surface area (TPSA) is 39.4 Å². The second kappa shape index (κ2) is 4.85. The number of rotatable bonds is 3. The molecule has 1 aromatic heterocycles. The Bertz CT molecular complexity index is 859. The van der Waals surface area contributed by atoms with Crippen molar-refractivity contribution in [2.24, 2.45) is 0 Å². The zero-order valence-corrected chi connectivity index (χ0v) is 11.2. The van der Waals surface area contributed by atoms with Crippen molar-refractivity contribution >= 4 is 21.9 Å². The molecule has 0 radical (unpaired) electrons. The molecule has 0 fully saturated rings. The number of methoxy groups -OCH3 is 1. The maximum atomic E-state index is 12.6. The third kappa shape index (κ3) is 1.88. The molecule has 20 heavy (non-hydrogen) atoms. The van der Waals surface area contributed by atoms with Gasteiger partial charge in [-0.25, -0.2) is 0 Å². The van der Waals surface area contributed by atoms with E-state index in [0.29, 0.717) is 34.1 Å². The van der Waals surface area contributed by atoms with Gasteiger partial charge in [0.2, 0.25) is 5.43 Å². The van der Waals surface area contributed by atoms with E-state index in [2.05, 4.69) is 6.58 Å². The van der Waals surface area contributed by atoms with Crippen LogP contribution in [-0.4, -0.2) is 7.11 Å². The second-order valence-corrected chi connectivity index (χ2v) is 4.58. The molecule has 3 heteroatoms. The summed E-state index contributed by atoms with van der Waals surface area (Å²) in [5.74, 6) is 0.650. The van der Waals surface area contributed by atoms with E-state index in [4.69, 9.17) is 9.15 Å². The Hall–Kier alpha value is -2.55. The average molecular weight is 266 g/mol. The largest absolute Gasteiger partial charge is 0.497 e. The van der Waals surface area contributed by atoms with Crippen LogP contribution in [0.3, 0.4) is 0 Å². The third-order valence-electron chi connectivity index (χ3n) is 3.33. The van der Waals surface area contributed by atoms with Crippen LogP contribution < -0.4 is 10.2 Å². The van der Waals surface area contributed by atoms with Gasteiger partial charge in [-0.3, -0.25) is 4.79 Å². The Morgan fingerprint density at radius 1 is 1.25 bits per heavy atom. The SMILES string of the molecule is C=CCc1cc(OC)cc2c(=O)c3ccccc3oc12. The smallest absolute Gasteiger partial charge is 0.200 e. The molecule has 0 amide bonds. The van der Waals surface area contributed by atoms with Crippen molar-refractivity contribution in [3.63, 3.8) is 0 Å². The highest BCUT2D eigenvalue weighted by Crippen LogP contribution is 2.27. The van der Waals surface area contributed by atoms with Crippen LogP contribution in [0.1, 0.15) is 5.56 Å². The predicted octanol–water partition coefficient (Wildman–Crippen LogP) is 3.68. The molecule has 0 N–H and O–H groups in total. The number of ether oxygens (including phenoxy) is 1. The van der Waals surface area contributed by atoms with E-state index >= 15 is 0 Å². The molecule has 0 aliphatic carbocycles. The van der Waals surface area contributed by atoms with E-state index in [9.17, 15) is 4.79 Å². The fourth-order valence-corrected chi connectivity index (χ4v) is 2.37. The zero-order chi connectivity index (χ0) is 14.1. The Labute approximate surface area is 116 Å². The Kier molecular flexibility index (Phi) is 3.03. The Morgan fingerprint density at radius 2 is 2.05 bits per heavy atom. The van der Waals surface area contributed by atoms with E-state index in [-0.39, 0.29) is 5.43 Å². The summed E-state index contributed by atoms with van der Waals surface area (Å²) in [7, 11) is 1.58. The fourth-order valence-electron chi connectivity index (χ4n) is 2.37. The van der Waals surface area contributed by atoms with Crippen LogP contribution in [0, 0.1) is 0 Å². The van der Waals surface area contributed by atoms with Gasteiger partial charge in [-0.2, -0.15) is 0 Å². The van der Waals surface area contributed by atoms with E-state index in [1.165, 1.54) is 0 Å². The molecule has 100 valence electrons. The maximum Gasteiger partial charge on any atom is 0.200 e. The zero-order valence-electron chi connectivity index (χ0n) is 11.2. The summed E-state index contributed by atoms with van der Waals surface area (Å²) < 4.78 is 11.2. The fraction of sp³-hybridized carbons (Fsp3) is 0.118. The van der Waals surface area contributed by atoms with Gasteiger partial charge in [0.05, 0.1) is 17.9 Å². The number of hydrogen-bond donors (Lipinski definition) is 0. The molecular formula is C17H14O3. The van der Waals surface area contributed by atoms with E-state index in [1.807, 2.05) is 18.2 Å². The highest BCUT2D eigenvalue weighted by Gasteiger charge is 2.12. The molecule has 3 aromatic rings. The average Bonchev–Trinajstić information content (AvgIpc) is 2.48. The highest BCUT2D eigenvalue weighted by molar-refractivity contribution is 5.91. The van der Waals surface area contributed by atoms with Gasteiger partial charge in [0.25, 0.3) is 0 Å². The number of hydrogen-bond acceptors (Lipinski definition) is 3. The number of para-hydroxylation sites is 1. The lowest BCUT2D eigenvalue weighted by Crippen LogP contribution is -2.04. The van der Waals surface area contributed by atoms with E-state index < -0.39 is 0 Å². The standard InChI is InChI=1S/C17H14O3/c1-3-6-11-9-12(19-2)10-14-16(18)13-7-4-5-8-15(13)20-17(11)14/h3-5,7-10H,1,6H2,2H3. The van der Waals surface area contributed by atoms with Crippen molar-refractivity contribution in [2.45, 2.75) is 6.42 Å². The van der Waals surface area contributed by atoms with Gasteiger partial charge in [-0.05, 0) is 30.7 Å². The summed E-state index contributed by atoms with van der Waals surface area (Å²) in [6.45, 7) is 3.74. The lowest BCUT2D eigenvalue weighted by molar-refractivity contribution is 0.414. The van der Waals surface area contributed by atoms with Crippen molar-refractivity contribution in [1.29, 1.82) is 0 Å². The van der Waals surface area contributed by atoms with E-state index in [0.717, 1.165) is 5.56 Å². The van der Waals surface area contributed by atoms with Gasteiger partial charge in [0.1, 0.15) is 16.9 Å². The summed E-state index contributed by atoms with van der Waals surface area (Å²) >= 11 is 0. The molecule has 0 unspecified atom stereocenters. The molecule has 0 saturated heterocycles. The summed E-state index contributed by atoms with van der Waals surface area (Å²) in [5, 5.41) is 1.12. The lowest BCUT2D eigenvalue weighted by atomic mass is 10.1. The lowest BCUT2D eigenvalue weighted by Gasteiger charge is -2.08. The molecule has 0 saturated carbocycles. The molecule has 0 spiro atoms. The second-order valence-electron chi connectivity index (χ2n) is 4.58. The van der Waals surface area contributed by atoms with Crippen LogP contribution in [0.2, 0.25) is 0 Å². The van der Waals surface area contributed by atoms with Gasteiger partial charge in [0, 0.05) is 5.56 Å². The van der Waals surface area contributed by atoms with Crippen molar-refractivity contribution < 1.29 is 9.15 Å². The first kappa shape index (κ1) is 12.5. The normalized spacial score (nSPS) is 10.8. The summed E-state index contributed by atoms with van der Waals surface area (Å²) in [5.41, 5.74) is 2.07.